The van der Waals surface area contributed by atoms with Crippen molar-refractivity contribution in [3.05, 3.63) is 16.1 Å². The number of nitrogens with two attached hydrogens (primary N) is 1. The molecule has 13 heavy (non-hydrogen) atoms. The Morgan fingerprint density at radius 1 is 1.62 bits per heavy atom. The molecule has 0 saturated heterocycles. The molecule has 0 aromatic carbocycles. The monoisotopic (exact) mass is 200 g/mol. The summed E-state index contributed by atoms with van der Waals surface area (Å²) in [5, 5.41) is 12.3. The molecule has 0 aliphatic heterocycles. The van der Waals surface area contributed by atoms with Crippen molar-refractivity contribution in [1.29, 1.82) is 0 Å². The molecule has 1 heterocycles. The second-order valence-corrected chi connectivity index (χ2v) is 4.36. The summed E-state index contributed by atoms with van der Waals surface area (Å²) < 4.78 is 0. The summed E-state index contributed by atoms with van der Waals surface area (Å²) in [6.45, 7) is 4.52. The van der Waals surface area contributed by atoms with Crippen molar-refractivity contribution in [2.75, 3.05) is 6.54 Å². The molecule has 1 unspecified atom stereocenters. The summed E-state index contributed by atoms with van der Waals surface area (Å²) in [5.41, 5.74) is 6.41. The third-order valence-corrected chi connectivity index (χ3v) is 2.73. The van der Waals surface area contributed by atoms with Gasteiger partial charge in [-0.25, -0.2) is 4.98 Å². The first-order valence-electron chi connectivity index (χ1n) is 4.46. The Labute approximate surface area is 82.6 Å². The summed E-state index contributed by atoms with van der Waals surface area (Å²) in [7, 11) is 0. The first-order chi connectivity index (χ1) is 6.13. The van der Waals surface area contributed by atoms with E-state index in [0.29, 0.717) is 18.9 Å². The first-order valence-corrected chi connectivity index (χ1v) is 5.34. The zero-order valence-electron chi connectivity index (χ0n) is 8.03. The number of aliphatic hydroxyl groups is 1. The number of hydrogen-bond donors (Lipinski definition) is 2. The van der Waals surface area contributed by atoms with Crippen LogP contribution in [-0.2, 0) is 6.42 Å². The van der Waals surface area contributed by atoms with Crippen LogP contribution in [0.1, 0.15) is 30.5 Å². The lowest BCUT2D eigenvalue weighted by Crippen LogP contribution is -2.21. The zero-order chi connectivity index (χ0) is 9.84. The van der Waals surface area contributed by atoms with Gasteiger partial charge < -0.3 is 10.8 Å². The van der Waals surface area contributed by atoms with E-state index in [4.69, 9.17) is 5.73 Å². The van der Waals surface area contributed by atoms with Gasteiger partial charge in [0.15, 0.2) is 0 Å². The molecule has 0 saturated carbocycles. The van der Waals surface area contributed by atoms with Crippen LogP contribution in [0.15, 0.2) is 5.38 Å². The SMILES string of the molecule is CC(C)c1csc(CC(O)CN)n1. The van der Waals surface area contributed by atoms with Crippen LogP contribution in [0.25, 0.3) is 0 Å². The van der Waals surface area contributed by atoms with Gasteiger partial charge in [-0.15, -0.1) is 11.3 Å². The van der Waals surface area contributed by atoms with Gasteiger partial charge >= 0.3 is 0 Å². The van der Waals surface area contributed by atoms with E-state index in [0.717, 1.165) is 10.7 Å². The van der Waals surface area contributed by atoms with E-state index in [9.17, 15) is 5.11 Å². The van der Waals surface area contributed by atoms with Gasteiger partial charge in [-0.3, -0.25) is 0 Å². The van der Waals surface area contributed by atoms with Crippen LogP contribution in [-0.4, -0.2) is 22.7 Å². The smallest absolute Gasteiger partial charge is 0.0954 e. The van der Waals surface area contributed by atoms with Crippen molar-refractivity contribution >= 4 is 11.3 Å². The Hall–Kier alpha value is -0.450. The average Bonchev–Trinajstić information content (AvgIpc) is 2.52. The molecular formula is C9H16N2OS. The molecule has 3 N–H and O–H groups in total. The average molecular weight is 200 g/mol. The summed E-state index contributed by atoms with van der Waals surface area (Å²) in [4.78, 5) is 4.40. The van der Waals surface area contributed by atoms with Gasteiger partial charge in [-0.2, -0.15) is 0 Å². The van der Waals surface area contributed by atoms with E-state index in [2.05, 4.69) is 18.8 Å². The minimum Gasteiger partial charge on any atom is -0.391 e. The third-order valence-electron chi connectivity index (χ3n) is 1.84. The van der Waals surface area contributed by atoms with Gasteiger partial charge in [0.1, 0.15) is 0 Å². The third kappa shape index (κ3) is 3.06. The Bertz CT molecular complexity index is 260. The van der Waals surface area contributed by atoms with E-state index in [1.165, 1.54) is 0 Å². The van der Waals surface area contributed by atoms with Crippen molar-refractivity contribution in [2.24, 2.45) is 5.73 Å². The van der Waals surface area contributed by atoms with E-state index >= 15 is 0 Å². The number of aromatic nitrogens is 1. The Morgan fingerprint density at radius 3 is 2.77 bits per heavy atom. The summed E-state index contributed by atoms with van der Waals surface area (Å²) >= 11 is 1.59. The van der Waals surface area contributed by atoms with Gasteiger partial charge in [0, 0.05) is 18.3 Å². The maximum atomic E-state index is 9.30. The highest BCUT2D eigenvalue weighted by Crippen LogP contribution is 2.18. The maximum Gasteiger partial charge on any atom is 0.0954 e. The second-order valence-electron chi connectivity index (χ2n) is 3.41. The molecule has 0 radical (unpaired) electrons. The van der Waals surface area contributed by atoms with Gasteiger partial charge in [-0.1, -0.05) is 13.8 Å². The summed E-state index contributed by atoms with van der Waals surface area (Å²) in [6, 6.07) is 0. The molecule has 0 spiro atoms. The Morgan fingerprint density at radius 2 is 2.31 bits per heavy atom. The molecular weight excluding hydrogens is 184 g/mol. The van der Waals surface area contributed by atoms with Crippen molar-refractivity contribution in [3.8, 4) is 0 Å². The van der Waals surface area contributed by atoms with E-state index < -0.39 is 6.10 Å². The highest BCUT2D eigenvalue weighted by Gasteiger charge is 2.08. The molecule has 0 fully saturated rings. The van der Waals surface area contributed by atoms with Crippen LogP contribution in [0.4, 0.5) is 0 Å². The zero-order valence-corrected chi connectivity index (χ0v) is 8.84. The lowest BCUT2D eigenvalue weighted by molar-refractivity contribution is 0.183. The number of aliphatic hydroxyl groups excluding tert-OH is 1. The molecule has 0 bridgehead atoms. The molecule has 0 aliphatic carbocycles. The molecule has 0 amide bonds. The van der Waals surface area contributed by atoms with Crippen molar-refractivity contribution in [2.45, 2.75) is 32.3 Å². The summed E-state index contributed by atoms with van der Waals surface area (Å²) in [6.07, 6.45) is 0.125. The predicted octanol–water partition coefficient (Wildman–Crippen LogP) is 1.13. The Balaban J connectivity index is 2.58. The van der Waals surface area contributed by atoms with Crippen molar-refractivity contribution < 1.29 is 5.11 Å². The van der Waals surface area contributed by atoms with E-state index in [1.54, 1.807) is 11.3 Å². The predicted molar refractivity (Wildman–Crippen MR) is 55.0 cm³/mol. The first kappa shape index (κ1) is 10.6. The lowest BCUT2D eigenvalue weighted by atomic mass is 10.2. The fraction of sp³-hybridized carbons (Fsp3) is 0.667. The minimum atomic E-state index is -0.453. The van der Waals surface area contributed by atoms with Crippen LogP contribution in [0.3, 0.4) is 0 Å². The van der Waals surface area contributed by atoms with Gasteiger partial charge in [0.25, 0.3) is 0 Å². The highest BCUT2D eigenvalue weighted by atomic mass is 32.1. The van der Waals surface area contributed by atoms with E-state index in [-0.39, 0.29) is 0 Å². The number of nitrogens with zero attached hydrogens (tertiary/aromatic N) is 1. The molecule has 1 rings (SSSR count). The molecule has 3 nitrogen and oxygen atoms in total. The fourth-order valence-corrected chi connectivity index (χ4v) is 2.00. The fourth-order valence-electron chi connectivity index (χ4n) is 0.969. The normalized spacial score (nSPS) is 13.6. The molecule has 74 valence electrons. The van der Waals surface area contributed by atoms with Crippen LogP contribution in [0, 0.1) is 0 Å². The van der Waals surface area contributed by atoms with E-state index in [1.807, 2.05) is 5.38 Å². The molecule has 1 atom stereocenters. The molecule has 1 aromatic heterocycles. The van der Waals surface area contributed by atoms with Crippen LogP contribution >= 0.6 is 11.3 Å². The van der Waals surface area contributed by atoms with Gasteiger partial charge in [-0.05, 0) is 5.92 Å². The topological polar surface area (TPSA) is 59.1 Å². The molecule has 4 heteroatoms. The number of rotatable bonds is 4. The second kappa shape index (κ2) is 4.69. The van der Waals surface area contributed by atoms with Crippen molar-refractivity contribution in [1.82, 2.24) is 4.98 Å². The molecule has 0 aliphatic rings. The minimum absolute atomic E-state index is 0.302. The molecule has 1 aromatic rings. The number of hydrogen-bond acceptors (Lipinski definition) is 4. The van der Waals surface area contributed by atoms with Gasteiger partial charge in [0.2, 0.25) is 0 Å². The largest absolute Gasteiger partial charge is 0.391 e. The Kier molecular flexibility index (Phi) is 3.84. The summed E-state index contributed by atoms with van der Waals surface area (Å²) in [5.74, 6) is 0.458. The quantitative estimate of drug-likeness (QED) is 0.766. The van der Waals surface area contributed by atoms with Crippen molar-refractivity contribution in [3.63, 3.8) is 0 Å². The lowest BCUT2D eigenvalue weighted by Gasteiger charge is -2.03. The van der Waals surface area contributed by atoms with Crippen LogP contribution < -0.4 is 5.73 Å². The number of thiazole rings is 1. The van der Waals surface area contributed by atoms with Crippen LogP contribution in [0.2, 0.25) is 0 Å². The van der Waals surface area contributed by atoms with Crippen LogP contribution in [0.5, 0.6) is 0 Å². The van der Waals surface area contributed by atoms with Gasteiger partial charge in [0.05, 0.1) is 16.8 Å². The standard InChI is InChI=1S/C9H16N2OS/c1-6(2)8-5-13-9(11-8)3-7(12)4-10/h5-7,12H,3-4,10H2,1-2H3. The highest BCUT2D eigenvalue weighted by molar-refractivity contribution is 7.09. The maximum absolute atomic E-state index is 9.30.